The van der Waals surface area contributed by atoms with Crippen LogP contribution in [0.25, 0.3) is 10.4 Å². The Kier molecular flexibility index (Phi) is 3.22. The van der Waals surface area contributed by atoms with Crippen molar-refractivity contribution in [1.29, 1.82) is 0 Å². The molecular weight excluding hydrogens is 174 g/mol. The van der Waals surface area contributed by atoms with Crippen molar-refractivity contribution in [3.05, 3.63) is 22.6 Å². The van der Waals surface area contributed by atoms with Crippen molar-refractivity contribution < 1.29 is 0 Å². The Morgan fingerprint density at radius 3 is 2.64 bits per heavy atom. The lowest BCUT2D eigenvalue weighted by molar-refractivity contribution is 0.272. The van der Waals surface area contributed by atoms with E-state index in [0.717, 1.165) is 18.8 Å². The molecule has 0 spiro atoms. The third-order valence-corrected chi connectivity index (χ3v) is 3.21. The number of rotatable bonds is 2. The maximum Gasteiger partial charge on any atom is 0.0497 e. The molecule has 0 radical (unpaired) electrons. The molecule has 14 heavy (non-hydrogen) atoms. The number of nitrogens with zero attached hydrogens (tertiary/aromatic N) is 3. The third-order valence-electron chi connectivity index (χ3n) is 3.21. The van der Waals surface area contributed by atoms with E-state index < -0.39 is 0 Å². The van der Waals surface area contributed by atoms with E-state index in [9.17, 15) is 0 Å². The summed E-state index contributed by atoms with van der Waals surface area (Å²) < 4.78 is 0. The van der Waals surface area contributed by atoms with Gasteiger partial charge in [-0.1, -0.05) is 38.0 Å². The summed E-state index contributed by atoms with van der Waals surface area (Å²) in [5.74, 6) is 1.09. The van der Waals surface area contributed by atoms with Gasteiger partial charge in [0.1, 0.15) is 0 Å². The Balaban J connectivity index is 2.78. The quantitative estimate of drug-likeness (QED) is 0.275. The van der Waals surface area contributed by atoms with Crippen molar-refractivity contribution >= 4 is 0 Å². The SMILES string of the molecule is C=C1C[C@H](C)CCC1C(C)(C)N=[N+]=[N-]. The van der Waals surface area contributed by atoms with Gasteiger partial charge in [0.2, 0.25) is 0 Å². The number of hydrogen-bond donors (Lipinski definition) is 0. The maximum absolute atomic E-state index is 8.50. The standard InChI is InChI=1S/C11H19N3/c1-8-5-6-10(9(2)7-8)11(3,4)13-14-12/h8,10H,2,5-7H2,1,3-4H3/t8-,10?/m1/s1. The van der Waals surface area contributed by atoms with E-state index in [0.29, 0.717) is 5.92 Å². The van der Waals surface area contributed by atoms with Gasteiger partial charge >= 0.3 is 0 Å². The van der Waals surface area contributed by atoms with E-state index in [1.54, 1.807) is 0 Å². The molecule has 3 heteroatoms. The van der Waals surface area contributed by atoms with Crippen LogP contribution < -0.4 is 0 Å². The van der Waals surface area contributed by atoms with Crippen LogP contribution in [0.15, 0.2) is 17.3 Å². The third kappa shape index (κ3) is 2.30. The normalized spacial score (nSPS) is 28.4. The molecular formula is C11H19N3. The monoisotopic (exact) mass is 193 g/mol. The molecule has 1 unspecified atom stereocenters. The van der Waals surface area contributed by atoms with Crippen molar-refractivity contribution in [3.8, 4) is 0 Å². The van der Waals surface area contributed by atoms with Gasteiger partial charge in [0, 0.05) is 10.5 Å². The summed E-state index contributed by atoms with van der Waals surface area (Å²) >= 11 is 0. The second kappa shape index (κ2) is 4.05. The van der Waals surface area contributed by atoms with Crippen molar-refractivity contribution in [2.24, 2.45) is 17.0 Å². The lowest BCUT2D eigenvalue weighted by Gasteiger charge is -2.37. The van der Waals surface area contributed by atoms with E-state index in [1.165, 1.54) is 12.0 Å². The maximum atomic E-state index is 8.50. The van der Waals surface area contributed by atoms with Gasteiger partial charge in [-0.3, -0.25) is 0 Å². The number of azide groups is 1. The molecule has 0 bridgehead atoms. The predicted molar refractivity (Wildman–Crippen MR) is 58.9 cm³/mol. The topological polar surface area (TPSA) is 48.8 Å². The fraction of sp³-hybridized carbons (Fsp3) is 0.818. The summed E-state index contributed by atoms with van der Waals surface area (Å²) in [4.78, 5) is 2.92. The molecule has 1 fully saturated rings. The van der Waals surface area contributed by atoms with E-state index in [2.05, 4.69) is 23.5 Å². The summed E-state index contributed by atoms with van der Waals surface area (Å²) in [6.45, 7) is 10.4. The van der Waals surface area contributed by atoms with E-state index in [4.69, 9.17) is 5.53 Å². The van der Waals surface area contributed by atoms with Crippen LogP contribution in [0.3, 0.4) is 0 Å². The molecule has 0 aliphatic heterocycles. The summed E-state index contributed by atoms with van der Waals surface area (Å²) in [6, 6.07) is 0. The first-order chi connectivity index (χ1) is 6.47. The molecule has 0 heterocycles. The van der Waals surface area contributed by atoms with Crippen LogP contribution in [-0.4, -0.2) is 5.54 Å². The highest BCUT2D eigenvalue weighted by atomic mass is 15.2. The minimum absolute atomic E-state index is 0.314. The minimum atomic E-state index is -0.314. The van der Waals surface area contributed by atoms with Crippen LogP contribution in [0, 0.1) is 11.8 Å². The van der Waals surface area contributed by atoms with Gasteiger partial charge in [-0.25, -0.2) is 0 Å². The van der Waals surface area contributed by atoms with E-state index in [1.807, 2.05) is 13.8 Å². The molecule has 3 nitrogen and oxygen atoms in total. The predicted octanol–water partition coefficient (Wildman–Crippen LogP) is 4.07. The largest absolute Gasteiger partial charge is 0.0996 e. The molecule has 1 aliphatic carbocycles. The molecule has 0 amide bonds. The lowest BCUT2D eigenvalue weighted by Crippen LogP contribution is -2.33. The number of hydrogen-bond acceptors (Lipinski definition) is 1. The van der Waals surface area contributed by atoms with Crippen LogP contribution in [0.5, 0.6) is 0 Å². The molecule has 2 atom stereocenters. The fourth-order valence-corrected chi connectivity index (χ4v) is 2.38. The Bertz CT molecular complexity index is 274. The highest BCUT2D eigenvalue weighted by Gasteiger charge is 2.33. The molecule has 78 valence electrons. The molecule has 1 rings (SSSR count). The van der Waals surface area contributed by atoms with Crippen molar-refractivity contribution in [2.75, 3.05) is 0 Å². The average molecular weight is 193 g/mol. The zero-order valence-corrected chi connectivity index (χ0v) is 9.32. The Labute approximate surface area is 85.8 Å². The van der Waals surface area contributed by atoms with Gasteiger partial charge in [-0.05, 0) is 36.6 Å². The zero-order chi connectivity index (χ0) is 10.8. The van der Waals surface area contributed by atoms with Gasteiger partial charge < -0.3 is 0 Å². The van der Waals surface area contributed by atoms with E-state index >= 15 is 0 Å². The molecule has 0 aromatic rings. The zero-order valence-electron chi connectivity index (χ0n) is 9.32. The summed E-state index contributed by atoms with van der Waals surface area (Å²) in [7, 11) is 0. The van der Waals surface area contributed by atoms with Gasteiger partial charge in [-0.2, -0.15) is 0 Å². The highest BCUT2D eigenvalue weighted by molar-refractivity contribution is 5.12. The van der Waals surface area contributed by atoms with Crippen LogP contribution in [0.1, 0.15) is 40.0 Å². The Hall–Kier alpha value is -0.950. The van der Waals surface area contributed by atoms with Crippen molar-refractivity contribution in [1.82, 2.24) is 0 Å². The van der Waals surface area contributed by atoms with Crippen LogP contribution in [-0.2, 0) is 0 Å². The van der Waals surface area contributed by atoms with Crippen LogP contribution in [0.2, 0.25) is 0 Å². The van der Waals surface area contributed by atoms with Gasteiger partial charge in [0.15, 0.2) is 0 Å². The first-order valence-corrected chi connectivity index (χ1v) is 5.21. The summed E-state index contributed by atoms with van der Waals surface area (Å²) in [6.07, 6.45) is 3.40. The van der Waals surface area contributed by atoms with Crippen LogP contribution >= 0.6 is 0 Å². The molecule has 0 aromatic carbocycles. The Morgan fingerprint density at radius 1 is 1.50 bits per heavy atom. The second-order valence-electron chi connectivity index (χ2n) is 4.94. The summed E-state index contributed by atoms with van der Waals surface area (Å²) in [5.41, 5.74) is 9.44. The average Bonchev–Trinajstić information content (AvgIpc) is 2.02. The summed E-state index contributed by atoms with van der Waals surface area (Å²) in [5, 5.41) is 3.88. The Morgan fingerprint density at radius 2 is 2.14 bits per heavy atom. The van der Waals surface area contributed by atoms with Gasteiger partial charge in [0.25, 0.3) is 0 Å². The first kappa shape index (κ1) is 11.1. The van der Waals surface area contributed by atoms with E-state index in [-0.39, 0.29) is 5.54 Å². The molecule has 0 aromatic heterocycles. The fourth-order valence-electron chi connectivity index (χ4n) is 2.38. The molecule has 1 saturated carbocycles. The van der Waals surface area contributed by atoms with Crippen molar-refractivity contribution in [2.45, 2.75) is 45.6 Å². The van der Waals surface area contributed by atoms with Gasteiger partial charge in [0.05, 0.1) is 0 Å². The molecule has 1 aliphatic rings. The smallest absolute Gasteiger partial charge is 0.0497 e. The molecule has 0 saturated heterocycles. The molecule has 0 N–H and O–H groups in total. The van der Waals surface area contributed by atoms with Crippen LogP contribution in [0.4, 0.5) is 0 Å². The van der Waals surface area contributed by atoms with Gasteiger partial charge in [-0.15, -0.1) is 0 Å². The lowest BCUT2D eigenvalue weighted by atomic mass is 9.71. The van der Waals surface area contributed by atoms with Crippen molar-refractivity contribution in [3.63, 3.8) is 0 Å². The first-order valence-electron chi connectivity index (χ1n) is 5.21. The highest BCUT2D eigenvalue weighted by Crippen LogP contribution is 2.40. The minimum Gasteiger partial charge on any atom is -0.0996 e. The second-order valence-corrected chi connectivity index (χ2v) is 4.94.